The number of carbonyl (C=O) groups is 1. The predicted molar refractivity (Wildman–Crippen MR) is 43.9 cm³/mol. The van der Waals surface area contributed by atoms with Gasteiger partial charge in [0.2, 0.25) is 0 Å². The second-order valence-electron chi connectivity index (χ2n) is 2.60. The maximum atomic E-state index is 10.4. The van der Waals surface area contributed by atoms with Crippen molar-refractivity contribution in [3.8, 4) is 0 Å². The molecule has 1 rings (SSSR count). The van der Waals surface area contributed by atoms with Gasteiger partial charge < -0.3 is 9.52 Å². The Bertz CT molecular complexity index is 309. The van der Waals surface area contributed by atoms with Gasteiger partial charge in [-0.05, 0) is 19.1 Å². The Morgan fingerprint density at radius 2 is 2.33 bits per heavy atom. The van der Waals surface area contributed by atoms with Crippen LogP contribution in [0.2, 0.25) is 0 Å². The van der Waals surface area contributed by atoms with Crippen molar-refractivity contribution in [2.75, 3.05) is 0 Å². The Balaban J connectivity index is 2.64. The van der Waals surface area contributed by atoms with Crippen molar-refractivity contribution in [2.45, 2.75) is 13.3 Å². The van der Waals surface area contributed by atoms with Crippen molar-refractivity contribution in [1.29, 1.82) is 0 Å². The highest BCUT2D eigenvalue weighted by Crippen LogP contribution is 2.10. The molecule has 64 valence electrons. The molecule has 0 spiro atoms. The van der Waals surface area contributed by atoms with Crippen LogP contribution < -0.4 is 0 Å². The molecule has 0 saturated carbocycles. The quantitative estimate of drug-likeness (QED) is 0.696. The summed E-state index contributed by atoms with van der Waals surface area (Å²) in [6, 6.07) is 3.55. The van der Waals surface area contributed by atoms with Gasteiger partial charge in [0.05, 0.1) is 0 Å². The summed E-state index contributed by atoms with van der Waals surface area (Å²) in [5.74, 6) is 0.437. The van der Waals surface area contributed by atoms with Crippen molar-refractivity contribution >= 4 is 5.97 Å². The van der Waals surface area contributed by atoms with Gasteiger partial charge in [0.25, 0.3) is 0 Å². The number of hydrogen-bond acceptors (Lipinski definition) is 2. The van der Waals surface area contributed by atoms with Crippen molar-refractivity contribution in [1.82, 2.24) is 0 Å². The third kappa shape index (κ3) is 1.99. The highest BCUT2D eigenvalue weighted by Gasteiger charge is 2.07. The molecule has 1 heterocycles. The normalized spacial score (nSPS) is 9.75. The average Bonchev–Trinajstić information content (AvgIpc) is 2.35. The molecule has 0 fully saturated rings. The van der Waals surface area contributed by atoms with Crippen LogP contribution >= 0.6 is 0 Å². The fourth-order valence-corrected chi connectivity index (χ4v) is 0.866. The van der Waals surface area contributed by atoms with Crippen LogP contribution in [-0.2, 0) is 11.2 Å². The largest absolute Gasteiger partial charge is 0.478 e. The molecule has 1 N–H and O–H groups in total. The summed E-state index contributed by atoms with van der Waals surface area (Å²) < 4.78 is 5.18. The van der Waals surface area contributed by atoms with E-state index in [1.54, 1.807) is 12.1 Å². The predicted octanol–water partition coefficient (Wildman–Crippen LogP) is 1.77. The fraction of sp³-hybridized carbons (Fsp3) is 0.222. The first kappa shape index (κ1) is 8.59. The van der Waals surface area contributed by atoms with Gasteiger partial charge in [-0.25, -0.2) is 4.79 Å². The van der Waals surface area contributed by atoms with Crippen LogP contribution in [0.3, 0.4) is 0 Å². The lowest BCUT2D eigenvalue weighted by Crippen LogP contribution is -2.01. The molecule has 0 saturated heterocycles. The van der Waals surface area contributed by atoms with E-state index < -0.39 is 5.97 Å². The molecule has 0 unspecified atom stereocenters. The number of carboxylic acids is 1. The standard InChI is InChI=1S/C9H10O3/c1-6(9(10)11)5-8-4-3-7(2)12-8/h3-4H,1,5H2,2H3,(H,10,11). The monoisotopic (exact) mass is 166 g/mol. The van der Waals surface area contributed by atoms with Gasteiger partial charge in [0.1, 0.15) is 11.5 Å². The molecular formula is C9H10O3. The first-order chi connectivity index (χ1) is 5.59. The number of furan rings is 1. The van der Waals surface area contributed by atoms with Crippen molar-refractivity contribution < 1.29 is 14.3 Å². The second-order valence-corrected chi connectivity index (χ2v) is 2.60. The van der Waals surface area contributed by atoms with Gasteiger partial charge >= 0.3 is 5.97 Å². The van der Waals surface area contributed by atoms with E-state index in [2.05, 4.69) is 6.58 Å². The number of aryl methyl sites for hydroxylation is 1. The first-order valence-electron chi connectivity index (χ1n) is 3.56. The van der Waals surface area contributed by atoms with Crippen LogP contribution in [0.4, 0.5) is 0 Å². The van der Waals surface area contributed by atoms with Gasteiger partial charge in [-0.2, -0.15) is 0 Å². The van der Waals surface area contributed by atoms with Gasteiger partial charge in [-0.15, -0.1) is 0 Å². The topological polar surface area (TPSA) is 50.4 Å². The Hall–Kier alpha value is -1.51. The molecule has 0 bridgehead atoms. The second kappa shape index (κ2) is 3.26. The van der Waals surface area contributed by atoms with E-state index in [0.29, 0.717) is 5.76 Å². The van der Waals surface area contributed by atoms with Crippen LogP contribution in [0.1, 0.15) is 11.5 Å². The molecule has 1 aromatic heterocycles. The van der Waals surface area contributed by atoms with E-state index in [0.717, 1.165) is 5.76 Å². The van der Waals surface area contributed by atoms with Gasteiger partial charge in [-0.3, -0.25) is 0 Å². The molecular weight excluding hydrogens is 156 g/mol. The highest BCUT2D eigenvalue weighted by atomic mass is 16.4. The zero-order chi connectivity index (χ0) is 9.14. The Labute approximate surface area is 70.3 Å². The first-order valence-corrected chi connectivity index (χ1v) is 3.56. The van der Waals surface area contributed by atoms with Crippen molar-refractivity contribution in [3.05, 3.63) is 35.8 Å². The number of carboxylic acid groups (broad SMARTS) is 1. The molecule has 0 aromatic carbocycles. The summed E-state index contributed by atoms with van der Waals surface area (Å²) in [4.78, 5) is 10.4. The van der Waals surface area contributed by atoms with E-state index in [1.165, 1.54) is 0 Å². The lowest BCUT2D eigenvalue weighted by molar-refractivity contribution is -0.132. The third-order valence-corrected chi connectivity index (χ3v) is 1.49. The third-order valence-electron chi connectivity index (χ3n) is 1.49. The average molecular weight is 166 g/mol. The minimum atomic E-state index is -0.982. The lowest BCUT2D eigenvalue weighted by atomic mass is 10.2. The maximum Gasteiger partial charge on any atom is 0.331 e. The number of aliphatic carboxylic acids is 1. The van der Waals surface area contributed by atoms with E-state index >= 15 is 0 Å². The maximum absolute atomic E-state index is 10.4. The van der Waals surface area contributed by atoms with Crippen molar-refractivity contribution in [2.24, 2.45) is 0 Å². The van der Waals surface area contributed by atoms with Gasteiger partial charge in [0.15, 0.2) is 0 Å². The van der Waals surface area contributed by atoms with Crippen molar-refractivity contribution in [3.63, 3.8) is 0 Å². The summed E-state index contributed by atoms with van der Waals surface area (Å²) in [6.07, 6.45) is 0.267. The summed E-state index contributed by atoms with van der Waals surface area (Å²) in [6.45, 7) is 5.21. The van der Waals surface area contributed by atoms with Gasteiger partial charge in [-0.1, -0.05) is 6.58 Å². The smallest absolute Gasteiger partial charge is 0.331 e. The van der Waals surface area contributed by atoms with Crippen LogP contribution in [-0.4, -0.2) is 11.1 Å². The fourth-order valence-electron chi connectivity index (χ4n) is 0.866. The molecule has 0 atom stereocenters. The van der Waals surface area contributed by atoms with Crippen LogP contribution in [0.15, 0.2) is 28.7 Å². The SMILES string of the molecule is C=C(Cc1ccc(C)o1)C(=O)O. The minimum absolute atomic E-state index is 0.143. The molecule has 0 radical (unpaired) electrons. The molecule has 0 aliphatic heterocycles. The molecule has 12 heavy (non-hydrogen) atoms. The van der Waals surface area contributed by atoms with E-state index in [4.69, 9.17) is 9.52 Å². The summed E-state index contributed by atoms with van der Waals surface area (Å²) in [5, 5.41) is 8.51. The molecule has 0 aliphatic rings. The number of rotatable bonds is 3. The summed E-state index contributed by atoms with van der Waals surface area (Å²) in [7, 11) is 0. The number of hydrogen-bond donors (Lipinski definition) is 1. The Morgan fingerprint density at radius 3 is 2.75 bits per heavy atom. The minimum Gasteiger partial charge on any atom is -0.478 e. The zero-order valence-corrected chi connectivity index (χ0v) is 6.83. The summed E-state index contributed by atoms with van der Waals surface area (Å²) in [5.41, 5.74) is 0.143. The molecule has 0 aliphatic carbocycles. The molecule has 3 nitrogen and oxygen atoms in total. The molecule has 3 heteroatoms. The van der Waals surface area contributed by atoms with E-state index in [-0.39, 0.29) is 12.0 Å². The zero-order valence-electron chi connectivity index (χ0n) is 6.83. The van der Waals surface area contributed by atoms with Crippen LogP contribution in [0.25, 0.3) is 0 Å². The lowest BCUT2D eigenvalue weighted by Gasteiger charge is -1.95. The molecule has 1 aromatic rings. The van der Waals surface area contributed by atoms with Crippen LogP contribution in [0, 0.1) is 6.92 Å². The van der Waals surface area contributed by atoms with E-state index in [1.807, 2.05) is 6.92 Å². The molecule has 0 amide bonds. The van der Waals surface area contributed by atoms with Gasteiger partial charge in [0, 0.05) is 12.0 Å². The van der Waals surface area contributed by atoms with Crippen LogP contribution in [0.5, 0.6) is 0 Å². The van der Waals surface area contributed by atoms with E-state index in [9.17, 15) is 4.79 Å². The highest BCUT2D eigenvalue weighted by molar-refractivity contribution is 5.86. The summed E-state index contributed by atoms with van der Waals surface area (Å²) >= 11 is 0. The Morgan fingerprint density at radius 1 is 1.67 bits per heavy atom. The Kier molecular flexibility index (Phi) is 2.33.